The van der Waals surface area contributed by atoms with E-state index in [0.717, 1.165) is 30.0 Å². The lowest BCUT2D eigenvalue weighted by Crippen LogP contribution is -2.27. The largest absolute Gasteiger partial charge is 0.496 e. The molecule has 0 amide bonds. The van der Waals surface area contributed by atoms with Crippen molar-refractivity contribution in [3.8, 4) is 5.75 Å². The number of benzene rings is 1. The normalized spacial score (nSPS) is 17.4. The predicted octanol–water partition coefficient (Wildman–Crippen LogP) is 2.87. The van der Waals surface area contributed by atoms with Gasteiger partial charge in [0.2, 0.25) is 0 Å². The molecule has 0 N–H and O–H groups in total. The Morgan fingerprint density at radius 2 is 2.00 bits per heavy atom. The van der Waals surface area contributed by atoms with Crippen LogP contribution >= 0.6 is 0 Å². The summed E-state index contributed by atoms with van der Waals surface area (Å²) in [6.07, 6.45) is 3.96. The maximum Gasteiger partial charge on any atom is 0.123 e. The van der Waals surface area contributed by atoms with Crippen molar-refractivity contribution in [1.29, 1.82) is 0 Å². The molecule has 1 heterocycles. The molecule has 2 heteroatoms. The molecule has 0 unspecified atom stereocenters. The fourth-order valence-corrected chi connectivity index (χ4v) is 2.11. The van der Waals surface area contributed by atoms with Crippen LogP contribution in [-0.4, -0.2) is 25.1 Å². The van der Waals surface area contributed by atoms with E-state index in [4.69, 9.17) is 4.74 Å². The molecule has 1 aliphatic heterocycles. The molecular weight excluding hydrogens is 198 g/mol. The van der Waals surface area contributed by atoms with Crippen LogP contribution in [0.3, 0.4) is 0 Å². The molecule has 1 aliphatic rings. The van der Waals surface area contributed by atoms with Gasteiger partial charge in [-0.25, -0.2) is 0 Å². The molecule has 2 nitrogen and oxygen atoms in total. The number of piperidine rings is 1. The Morgan fingerprint density at radius 1 is 1.25 bits per heavy atom. The van der Waals surface area contributed by atoms with E-state index in [2.05, 4.69) is 24.4 Å². The highest BCUT2D eigenvalue weighted by molar-refractivity contribution is 5.42. The molecule has 0 atom stereocenters. The van der Waals surface area contributed by atoms with Crippen LogP contribution < -0.4 is 4.74 Å². The van der Waals surface area contributed by atoms with Gasteiger partial charge in [-0.2, -0.15) is 0 Å². The molecule has 1 aromatic carbocycles. The summed E-state index contributed by atoms with van der Waals surface area (Å²) >= 11 is 0. The second kappa shape index (κ2) is 5.35. The first-order valence-electron chi connectivity index (χ1n) is 5.88. The lowest BCUT2D eigenvalue weighted by atomic mass is 10.1. The van der Waals surface area contributed by atoms with E-state index in [1.54, 1.807) is 7.11 Å². The smallest absolute Gasteiger partial charge is 0.123 e. The molecule has 0 bridgehead atoms. The highest BCUT2D eigenvalue weighted by atomic mass is 16.5. The average molecular weight is 217 g/mol. The number of rotatable bonds is 3. The number of ether oxygens (including phenoxy) is 1. The number of hydrogen-bond acceptors (Lipinski definition) is 2. The topological polar surface area (TPSA) is 12.5 Å². The monoisotopic (exact) mass is 217 g/mol. The van der Waals surface area contributed by atoms with E-state index in [9.17, 15) is 0 Å². The minimum absolute atomic E-state index is 0.915. The van der Waals surface area contributed by atoms with Crippen molar-refractivity contribution in [2.75, 3.05) is 20.2 Å². The molecular formula is C14H19NO. The van der Waals surface area contributed by atoms with Crippen LogP contribution in [0.5, 0.6) is 5.75 Å². The van der Waals surface area contributed by atoms with Gasteiger partial charge in [0.05, 0.1) is 13.7 Å². The molecule has 86 valence electrons. The maximum absolute atomic E-state index is 5.37. The molecule has 2 radical (unpaired) electrons. The second-order valence-corrected chi connectivity index (χ2v) is 4.30. The van der Waals surface area contributed by atoms with E-state index >= 15 is 0 Å². The standard InChI is InChI=1S/C14H19NO/c1-12-6-7-13(14(10-12)16-2)11-15-8-4-3-5-9-15/h6-7,10-11H,1,3-5,8-9H2,2H3. The van der Waals surface area contributed by atoms with Crippen molar-refractivity contribution in [2.24, 2.45) is 0 Å². The molecule has 1 aromatic rings. The minimum Gasteiger partial charge on any atom is -0.496 e. The Bertz CT molecular complexity index is 343. The zero-order chi connectivity index (χ0) is 11.4. The summed E-state index contributed by atoms with van der Waals surface area (Å²) in [5.74, 6) is 0.915. The summed E-state index contributed by atoms with van der Waals surface area (Å²) in [5, 5.41) is 0. The van der Waals surface area contributed by atoms with E-state index in [1.807, 2.05) is 12.1 Å². The van der Waals surface area contributed by atoms with Gasteiger partial charge in [-0.3, -0.25) is 4.90 Å². The van der Waals surface area contributed by atoms with Crippen LogP contribution in [0.1, 0.15) is 30.4 Å². The van der Waals surface area contributed by atoms with Crippen molar-refractivity contribution in [2.45, 2.75) is 19.3 Å². The highest BCUT2D eigenvalue weighted by Gasteiger charge is 2.13. The van der Waals surface area contributed by atoms with Crippen molar-refractivity contribution in [1.82, 2.24) is 4.90 Å². The molecule has 2 rings (SSSR count). The first-order chi connectivity index (χ1) is 7.79. The summed E-state index contributed by atoms with van der Waals surface area (Å²) in [5.41, 5.74) is 2.14. The summed E-state index contributed by atoms with van der Waals surface area (Å²) < 4.78 is 5.37. The third-order valence-electron chi connectivity index (χ3n) is 3.01. The fourth-order valence-electron chi connectivity index (χ4n) is 2.11. The van der Waals surface area contributed by atoms with Crippen LogP contribution in [0.15, 0.2) is 18.2 Å². The van der Waals surface area contributed by atoms with Gasteiger partial charge in [0.25, 0.3) is 0 Å². The summed E-state index contributed by atoms with van der Waals surface area (Å²) in [7, 11) is 1.71. The van der Waals surface area contributed by atoms with Crippen LogP contribution in [-0.2, 0) is 0 Å². The van der Waals surface area contributed by atoms with Gasteiger partial charge >= 0.3 is 0 Å². The third kappa shape index (κ3) is 2.76. The van der Waals surface area contributed by atoms with Crippen molar-refractivity contribution in [3.63, 3.8) is 0 Å². The number of hydrogen-bond donors (Lipinski definition) is 0. The van der Waals surface area contributed by atoms with Crippen molar-refractivity contribution < 1.29 is 4.74 Å². The average Bonchev–Trinajstić information content (AvgIpc) is 2.33. The first-order valence-corrected chi connectivity index (χ1v) is 5.88. The number of likely N-dealkylation sites (tertiary alicyclic amines) is 1. The fraction of sp³-hybridized carbons (Fsp3) is 0.429. The van der Waals surface area contributed by atoms with Gasteiger partial charge in [-0.15, -0.1) is 0 Å². The van der Waals surface area contributed by atoms with Gasteiger partial charge in [0, 0.05) is 5.56 Å². The van der Waals surface area contributed by atoms with Gasteiger partial charge in [-0.1, -0.05) is 18.6 Å². The molecule has 0 spiro atoms. The van der Waals surface area contributed by atoms with Gasteiger partial charge < -0.3 is 4.74 Å². The predicted molar refractivity (Wildman–Crippen MR) is 66.3 cm³/mol. The van der Waals surface area contributed by atoms with E-state index in [0.29, 0.717) is 0 Å². The van der Waals surface area contributed by atoms with Gasteiger partial charge in [-0.05, 0) is 44.5 Å². The minimum atomic E-state index is 0.915. The maximum atomic E-state index is 5.37. The SMILES string of the molecule is [CH2]c1ccc([CH]N2CCCCC2)c(OC)c1. The zero-order valence-electron chi connectivity index (χ0n) is 9.91. The molecule has 1 fully saturated rings. The van der Waals surface area contributed by atoms with Gasteiger partial charge in [0.15, 0.2) is 0 Å². The van der Waals surface area contributed by atoms with Crippen molar-refractivity contribution >= 4 is 0 Å². The van der Waals surface area contributed by atoms with E-state index in [-0.39, 0.29) is 0 Å². The molecule has 16 heavy (non-hydrogen) atoms. The number of nitrogens with zero attached hydrogens (tertiary/aromatic N) is 1. The summed E-state index contributed by atoms with van der Waals surface area (Å²) in [6.45, 7) is 8.44. The molecule has 0 saturated carbocycles. The molecule has 0 aliphatic carbocycles. The molecule has 1 saturated heterocycles. The Labute approximate surface area is 98.2 Å². The van der Waals surface area contributed by atoms with Crippen LogP contribution in [0.2, 0.25) is 0 Å². The Morgan fingerprint density at radius 3 is 2.69 bits per heavy atom. The number of methoxy groups -OCH3 is 1. The lowest BCUT2D eigenvalue weighted by Gasteiger charge is -2.26. The highest BCUT2D eigenvalue weighted by Crippen LogP contribution is 2.24. The Balaban J connectivity index is 2.07. The quantitative estimate of drug-likeness (QED) is 0.772. The van der Waals surface area contributed by atoms with Gasteiger partial charge in [0.1, 0.15) is 5.75 Å². The van der Waals surface area contributed by atoms with E-state index in [1.165, 1.54) is 19.3 Å². The third-order valence-corrected chi connectivity index (χ3v) is 3.01. The second-order valence-electron chi connectivity index (χ2n) is 4.30. The Kier molecular flexibility index (Phi) is 3.83. The van der Waals surface area contributed by atoms with Crippen LogP contribution in [0.4, 0.5) is 0 Å². The summed E-state index contributed by atoms with van der Waals surface area (Å²) in [4.78, 5) is 2.38. The van der Waals surface area contributed by atoms with Crippen molar-refractivity contribution in [3.05, 3.63) is 42.8 Å². The first kappa shape index (κ1) is 11.5. The van der Waals surface area contributed by atoms with Crippen LogP contribution in [0.25, 0.3) is 0 Å². The van der Waals surface area contributed by atoms with E-state index < -0.39 is 0 Å². The van der Waals surface area contributed by atoms with Crippen LogP contribution in [0, 0.1) is 13.5 Å². The zero-order valence-corrected chi connectivity index (χ0v) is 9.91. The summed E-state index contributed by atoms with van der Waals surface area (Å²) in [6, 6.07) is 6.09. The molecule has 0 aromatic heterocycles. The lowest BCUT2D eigenvalue weighted by molar-refractivity contribution is 0.283. The Hall–Kier alpha value is -1.02.